The lowest BCUT2D eigenvalue weighted by Crippen LogP contribution is -2.08. The van der Waals surface area contributed by atoms with Crippen LogP contribution in [0.2, 0.25) is 0 Å². The maximum Gasteiger partial charge on any atom is 0.193 e. The summed E-state index contributed by atoms with van der Waals surface area (Å²) < 4.78 is 0. The zero-order valence-corrected chi connectivity index (χ0v) is 16.7. The average Bonchev–Trinajstić information content (AvgIpc) is 2.94. The Morgan fingerprint density at radius 2 is 1.53 bits per heavy atom. The molecule has 30 heavy (non-hydrogen) atoms. The molecule has 1 aliphatic heterocycles. The number of phenols is 1. The van der Waals surface area contributed by atoms with Crippen molar-refractivity contribution in [2.45, 2.75) is 10.1 Å². The molecule has 1 atom stereocenters. The fourth-order valence-electron chi connectivity index (χ4n) is 4.44. The molecule has 1 heterocycles. The van der Waals surface area contributed by atoms with E-state index < -0.39 is 0 Å². The Balaban J connectivity index is 1.67. The number of Topliss-reactive ketones (excluding diaryl/α,β-unsaturated/α-hetero) is 1. The zero-order chi connectivity index (χ0) is 20.2. The van der Waals surface area contributed by atoms with E-state index >= 15 is 0 Å². The summed E-state index contributed by atoms with van der Waals surface area (Å²) in [4.78, 5) is 14.6. The number of aromatic hydroxyl groups is 1. The van der Waals surface area contributed by atoms with Gasteiger partial charge in [0.2, 0.25) is 0 Å². The lowest BCUT2D eigenvalue weighted by molar-refractivity contribution is 0.103. The molecule has 3 nitrogen and oxygen atoms in total. The van der Waals surface area contributed by atoms with Crippen LogP contribution in [0.1, 0.15) is 26.7 Å². The van der Waals surface area contributed by atoms with Crippen LogP contribution in [-0.4, -0.2) is 10.9 Å². The fraction of sp³-hybridized carbons (Fsp3) is 0.0385. The lowest BCUT2D eigenvalue weighted by Gasteiger charge is -2.20. The van der Waals surface area contributed by atoms with Gasteiger partial charge in [0.1, 0.15) is 5.75 Å². The summed E-state index contributed by atoms with van der Waals surface area (Å²) in [7, 11) is 0. The number of rotatable bonds is 1. The van der Waals surface area contributed by atoms with E-state index in [9.17, 15) is 9.90 Å². The molecule has 144 valence electrons. The molecule has 0 amide bonds. The molecule has 0 spiro atoms. The average molecular weight is 407 g/mol. The van der Waals surface area contributed by atoms with Crippen LogP contribution in [0.3, 0.4) is 0 Å². The zero-order valence-electron chi connectivity index (χ0n) is 15.9. The van der Waals surface area contributed by atoms with E-state index in [1.165, 1.54) is 0 Å². The van der Waals surface area contributed by atoms with Gasteiger partial charge in [0.25, 0.3) is 0 Å². The summed E-state index contributed by atoms with van der Waals surface area (Å²) in [6.07, 6.45) is 0. The van der Waals surface area contributed by atoms with E-state index in [4.69, 9.17) is 0 Å². The Bertz CT molecular complexity index is 1390. The molecule has 6 rings (SSSR count). The second kappa shape index (κ2) is 6.51. The molecule has 0 radical (unpaired) electrons. The van der Waals surface area contributed by atoms with Crippen LogP contribution >= 0.6 is 11.8 Å². The maximum atomic E-state index is 13.6. The quantitative estimate of drug-likeness (QED) is 0.383. The van der Waals surface area contributed by atoms with Gasteiger partial charge in [-0.2, -0.15) is 0 Å². The Hall–Kier alpha value is -3.50. The molecular weight excluding hydrogens is 390 g/mol. The SMILES string of the molecule is O=C1C2=C(Nc3ccccc3S[C@@H]2c2c(O)ccc3ccccc23)c2ccccc21. The molecule has 2 aliphatic rings. The summed E-state index contributed by atoms with van der Waals surface area (Å²) in [6.45, 7) is 0. The van der Waals surface area contributed by atoms with Gasteiger partial charge in [-0.1, -0.05) is 66.7 Å². The van der Waals surface area contributed by atoms with Crippen LogP contribution in [-0.2, 0) is 0 Å². The number of ketones is 1. The molecule has 0 bridgehead atoms. The predicted octanol–water partition coefficient (Wildman–Crippen LogP) is 6.41. The van der Waals surface area contributed by atoms with Crippen molar-refractivity contribution in [3.8, 4) is 5.75 Å². The number of para-hydroxylation sites is 1. The first kappa shape index (κ1) is 17.4. The summed E-state index contributed by atoms with van der Waals surface area (Å²) in [5.41, 5.74) is 4.92. The maximum absolute atomic E-state index is 13.6. The number of benzene rings is 4. The molecule has 0 unspecified atom stereocenters. The Morgan fingerprint density at radius 1 is 0.800 bits per heavy atom. The Kier molecular flexibility index (Phi) is 3.77. The van der Waals surface area contributed by atoms with Gasteiger partial charge in [0.15, 0.2) is 5.78 Å². The lowest BCUT2D eigenvalue weighted by atomic mass is 9.95. The number of carbonyl (C=O) groups excluding carboxylic acids is 1. The highest BCUT2D eigenvalue weighted by molar-refractivity contribution is 8.00. The first-order valence-electron chi connectivity index (χ1n) is 9.84. The van der Waals surface area contributed by atoms with E-state index in [1.807, 2.05) is 72.8 Å². The minimum Gasteiger partial charge on any atom is -0.508 e. The second-order valence-corrected chi connectivity index (χ2v) is 8.65. The second-order valence-electron chi connectivity index (χ2n) is 7.50. The number of fused-ring (bicyclic) bond motifs is 4. The molecule has 4 aromatic carbocycles. The smallest absolute Gasteiger partial charge is 0.193 e. The number of carbonyl (C=O) groups is 1. The van der Waals surface area contributed by atoms with Crippen LogP contribution in [0.25, 0.3) is 16.5 Å². The molecular formula is C26H17NO2S. The Morgan fingerprint density at radius 3 is 2.43 bits per heavy atom. The number of hydrogen-bond acceptors (Lipinski definition) is 4. The number of nitrogens with one attached hydrogen (secondary N) is 1. The molecule has 2 N–H and O–H groups in total. The summed E-state index contributed by atoms with van der Waals surface area (Å²) in [5, 5.41) is 16.2. The van der Waals surface area contributed by atoms with Crippen molar-refractivity contribution in [2.75, 3.05) is 5.32 Å². The van der Waals surface area contributed by atoms with E-state index in [1.54, 1.807) is 17.8 Å². The summed E-state index contributed by atoms with van der Waals surface area (Å²) in [5.74, 6) is 0.229. The highest BCUT2D eigenvalue weighted by Crippen LogP contribution is 2.55. The molecule has 4 aromatic rings. The predicted molar refractivity (Wildman–Crippen MR) is 122 cm³/mol. The minimum atomic E-state index is -0.331. The van der Waals surface area contributed by atoms with Crippen molar-refractivity contribution in [3.63, 3.8) is 0 Å². The van der Waals surface area contributed by atoms with Crippen LogP contribution < -0.4 is 5.32 Å². The Labute approximate surface area is 178 Å². The van der Waals surface area contributed by atoms with Crippen LogP contribution in [0, 0.1) is 0 Å². The van der Waals surface area contributed by atoms with Crippen molar-refractivity contribution < 1.29 is 9.90 Å². The number of anilines is 1. The van der Waals surface area contributed by atoms with E-state index in [-0.39, 0.29) is 16.8 Å². The van der Waals surface area contributed by atoms with E-state index in [0.29, 0.717) is 11.1 Å². The minimum absolute atomic E-state index is 0.0192. The normalized spacial score (nSPS) is 17.2. The van der Waals surface area contributed by atoms with E-state index in [2.05, 4.69) is 11.4 Å². The van der Waals surface area contributed by atoms with Crippen molar-refractivity contribution >= 4 is 39.7 Å². The van der Waals surface area contributed by atoms with Gasteiger partial charge in [0.05, 0.1) is 16.6 Å². The third kappa shape index (κ3) is 2.44. The van der Waals surface area contributed by atoms with Crippen LogP contribution in [0.15, 0.2) is 95.4 Å². The van der Waals surface area contributed by atoms with Crippen LogP contribution in [0.4, 0.5) is 5.69 Å². The number of hydrogen-bond donors (Lipinski definition) is 2. The third-order valence-electron chi connectivity index (χ3n) is 5.82. The van der Waals surface area contributed by atoms with Crippen molar-refractivity contribution in [1.82, 2.24) is 0 Å². The summed E-state index contributed by atoms with van der Waals surface area (Å²) >= 11 is 1.61. The fourth-order valence-corrected chi connectivity index (χ4v) is 5.81. The molecule has 0 saturated heterocycles. The molecule has 0 saturated carbocycles. The standard InChI is InChI=1S/C26H17NO2S/c28-20-14-13-15-7-1-2-8-16(15)22(20)26-23-24(17-9-3-4-10-18(17)25(23)29)27-19-11-5-6-12-21(19)30-26/h1-14,26-28H/t26-/m1/s1. The first-order chi connectivity index (χ1) is 14.7. The van der Waals surface area contributed by atoms with Gasteiger partial charge in [0, 0.05) is 27.2 Å². The molecule has 0 fully saturated rings. The van der Waals surface area contributed by atoms with Gasteiger partial charge in [-0.3, -0.25) is 4.79 Å². The monoisotopic (exact) mass is 407 g/mol. The van der Waals surface area contributed by atoms with Gasteiger partial charge in [-0.05, 0) is 29.0 Å². The largest absolute Gasteiger partial charge is 0.508 e. The van der Waals surface area contributed by atoms with Gasteiger partial charge >= 0.3 is 0 Å². The molecule has 1 aliphatic carbocycles. The van der Waals surface area contributed by atoms with Gasteiger partial charge < -0.3 is 10.4 Å². The van der Waals surface area contributed by atoms with E-state index in [0.717, 1.165) is 38.2 Å². The topological polar surface area (TPSA) is 49.3 Å². The highest BCUT2D eigenvalue weighted by Gasteiger charge is 2.39. The number of phenolic OH excluding ortho intramolecular Hbond substituents is 1. The van der Waals surface area contributed by atoms with Gasteiger partial charge in [-0.25, -0.2) is 0 Å². The van der Waals surface area contributed by atoms with Crippen LogP contribution in [0.5, 0.6) is 5.75 Å². The molecule has 0 aromatic heterocycles. The first-order valence-corrected chi connectivity index (χ1v) is 10.7. The highest BCUT2D eigenvalue weighted by atomic mass is 32.2. The van der Waals surface area contributed by atoms with Crippen molar-refractivity contribution in [3.05, 3.63) is 107 Å². The third-order valence-corrected chi connectivity index (χ3v) is 7.14. The molecule has 4 heteroatoms. The number of thioether (sulfide) groups is 1. The van der Waals surface area contributed by atoms with Crippen molar-refractivity contribution in [1.29, 1.82) is 0 Å². The summed E-state index contributed by atoms with van der Waals surface area (Å²) in [6, 6.07) is 27.5. The van der Waals surface area contributed by atoms with Gasteiger partial charge in [-0.15, -0.1) is 11.8 Å². The van der Waals surface area contributed by atoms with Crippen molar-refractivity contribution in [2.24, 2.45) is 0 Å².